The van der Waals surface area contributed by atoms with Gasteiger partial charge in [-0.2, -0.15) is 0 Å². The van der Waals surface area contributed by atoms with Gasteiger partial charge in [0.15, 0.2) is 0 Å². The molecule has 0 fully saturated rings. The number of halogens is 1. The summed E-state index contributed by atoms with van der Waals surface area (Å²) in [6.45, 7) is 0.262. The van der Waals surface area contributed by atoms with E-state index < -0.39 is 5.82 Å². The van der Waals surface area contributed by atoms with E-state index in [-0.39, 0.29) is 35.7 Å². The summed E-state index contributed by atoms with van der Waals surface area (Å²) in [4.78, 5) is 29.7. The summed E-state index contributed by atoms with van der Waals surface area (Å²) in [5.74, 6) is -0.496. The van der Waals surface area contributed by atoms with E-state index >= 15 is 0 Å². The highest BCUT2D eigenvalue weighted by Crippen LogP contribution is 2.28. The highest BCUT2D eigenvalue weighted by atomic mass is 19.1. The van der Waals surface area contributed by atoms with Crippen LogP contribution in [-0.2, 0) is 20.0 Å². The maximum atomic E-state index is 13.6. The van der Waals surface area contributed by atoms with E-state index in [2.05, 4.69) is 10.3 Å². The van der Waals surface area contributed by atoms with Crippen molar-refractivity contribution in [1.82, 2.24) is 14.9 Å². The van der Waals surface area contributed by atoms with Gasteiger partial charge in [-0.1, -0.05) is 18.2 Å². The standard InChI is InChI=1S/C25H22FN3O4/c1-29-21-8-7-17(24(31)28-14-16-6-9-22(33-2)27-13-16)12-19(21)23(30)20(25(29)32)11-15-4-3-5-18(26)10-15/h3-10,12-13,30H,11,14H2,1-2H3,(H,28,31). The monoisotopic (exact) mass is 447 g/mol. The average molecular weight is 447 g/mol. The molecule has 4 aromatic rings. The van der Waals surface area contributed by atoms with Gasteiger partial charge in [-0.05, 0) is 41.5 Å². The van der Waals surface area contributed by atoms with Crippen LogP contribution in [0.1, 0.15) is 27.0 Å². The van der Waals surface area contributed by atoms with Crippen molar-refractivity contribution in [2.24, 2.45) is 7.05 Å². The molecule has 0 bridgehead atoms. The van der Waals surface area contributed by atoms with E-state index in [1.807, 2.05) is 0 Å². The lowest BCUT2D eigenvalue weighted by Gasteiger charge is -2.13. The Labute approximate surface area is 189 Å². The lowest BCUT2D eigenvalue weighted by Crippen LogP contribution is -2.24. The number of pyridine rings is 2. The third-order valence-corrected chi connectivity index (χ3v) is 5.45. The molecule has 33 heavy (non-hydrogen) atoms. The number of rotatable bonds is 6. The first kappa shape index (κ1) is 22.0. The van der Waals surface area contributed by atoms with Crippen molar-refractivity contribution >= 4 is 16.8 Å². The predicted molar refractivity (Wildman–Crippen MR) is 122 cm³/mol. The minimum atomic E-state index is -0.421. The Morgan fingerprint density at radius 2 is 1.97 bits per heavy atom. The Morgan fingerprint density at radius 1 is 1.15 bits per heavy atom. The Kier molecular flexibility index (Phi) is 6.08. The molecule has 0 spiro atoms. The van der Waals surface area contributed by atoms with Crippen molar-refractivity contribution in [3.05, 3.63) is 99.2 Å². The topological polar surface area (TPSA) is 93.5 Å². The second-order valence-electron chi connectivity index (χ2n) is 7.62. The minimum Gasteiger partial charge on any atom is -0.507 e. The summed E-state index contributed by atoms with van der Waals surface area (Å²) in [5.41, 5.74) is 1.92. The second-order valence-corrected chi connectivity index (χ2v) is 7.62. The van der Waals surface area contributed by atoms with E-state index in [0.717, 1.165) is 5.56 Å². The van der Waals surface area contributed by atoms with Gasteiger partial charge in [0.2, 0.25) is 5.88 Å². The molecular weight excluding hydrogens is 425 g/mol. The Morgan fingerprint density at radius 3 is 2.67 bits per heavy atom. The molecule has 168 valence electrons. The van der Waals surface area contributed by atoms with Crippen LogP contribution in [0.3, 0.4) is 0 Å². The van der Waals surface area contributed by atoms with Gasteiger partial charge in [-0.25, -0.2) is 9.37 Å². The van der Waals surface area contributed by atoms with E-state index in [4.69, 9.17) is 4.74 Å². The number of hydrogen-bond donors (Lipinski definition) is 2. The number of aromatic hydroxyl groups is 1. The van der Waals surface area contributed by atoms with Gasteiger partial charge >= 0.3 is 0 Å². The molecule has 2 aromatic carbocycles. The molecule has 8 heteroatoms. The van der Waals surface area contributed by atoms with Crippen LogP contribution in [0, 0.1) is 5.82 Å². The van der Waals surface area contributed by atoms with Crippen LogP contribution in [0.2, 0.25) is 0 Å². The first-order chi connectivity index (χ1) is 15.9. The summed E-state index contributed by atoms with van der Waals surface area (Å²) in [5, 5.41) is 14.1. The zero-order chi connectivity index (χ0) is 23.5. The van der Waals surface area contributed by atoms with Gasteiger partial charge in [-0.3, -0.25) is 9.59 Å². The Bertz CT molecular complexity index is 1400. The molecule has 2 aromatic heterocycles. The van der Waals surface area contributed by atoms with Crippen LogP contribution in [-0.4, -0.2) is 27.7 Å². The number of aromatic nitrogens is 2. The molecule has 0 unspecified atom stereocenters. The SMILES string of the molecule is COc1ccc(CNC(=O)c2ccc3c(c2)c(O)c(Cc2cccc(F)c2)c(=O)n3C)cn1. The number of amides is 1. The number of nitrogens with zero attached hydrogens (tertiary/aromatic N) is 2. The highest BCUT2D eigenvalue weighted by molar-refractivity contribution is 5.99. The smallest absolute Gasteiger partial charge is 0.258 e. The van der Waals surface area contributed by atoms with Crippen LogP contribution in [0.4, 0.5) is 4.39 Å². The van der Waals surface area contributed by atoms with Gasteiger partial charge in [0.05, 0.1) is 18.2 Å². The van der Waals surface area contributed by atoms with Gasteiger partial charge in [0.1, 0.15) is 11.6 Å². The van der Waals surface area contributed by atoms with Crippen molar-refractivity contribution in [1.29, 1.82) is 0 Å². The van der Waals surface area contributed by atoms with Gasteiger partial charge in [-0.15, -0.1) is 0 Å². The van der Waals surface area contributed by atoms with Crippen LogP contribution in [0.5, 0.6) is 11.6 Å². The molecule has 0 saturated heterocycles. The van der Waals surface area contributed by atoms with Gasteiger partial charge in [0, 0.05) is 43.2 Å². The molecule has 0 atom stereocenters. The van der Waals surface area contributed by atoms with Crippen molar-refractivity contribution < 1.29 is 19.0 Å². The zero-order valence-corrected chi connectivity index (χ0v) is 18.1. The van der Waals surface area contributed by atoms with E-state index in [0.29, 0.717) is 27.9 Å². The number of benzene rings is 2. The first-order valence-corrected chi connectivity index (χ1v) is 10.2. The van der Waals surface area contributed by atoms with Crippen molar-refractivity contribution in [2.45, 2.75) is 13.0 Å². The molecule has 2 N–H and O–H groups in total. The van der Waals surface area contributed by atoms with Crippen molar-refractivity contribution in [2.75, 3.05) is 7.11 Å². The van der Waals surface area contributed by atoms with Crippen LogP contribution in [0.25, 0.3) is 10.9 Å². The molecular formula is C25H22FN3O4. The van der Waals surface area contributed by atoms with Crippen molar-refractivity contribution in [3.8, 4) is 11.6 Å². The van der Waals surface area contributed by atoms with Gasteiger partial charge in [0.25, 0.3) is 11.5 Å². The Hall–Kier alpha value is -4.20. The molecule has 7 nitrogen and oxygen atoms in total. The number of fused-ring (bicyclic) bond motifs is 1. The van der Waals surface area contributed by atoms with Gasteiger partial charge < -0.3 is 19.7 Å². The fourth-order valence-corrected chi connectivity index (χ4v) is 3.67. The minimum absolute atomic E-state index is 0.0626. The first-order valence-electron chi connectivity index (χ1n) is 10.2. The lowest BCUT2D eigenvalue weighted by molar-refractivity contribution is 0.0951. The number of nitrogens with one attached hydrogen (secondary N) is 1. The molecule has 2 heterocycles. The van der Waals surface area contributed by atoms with Crippen LogP contribution >= 0.6 is 0 Å². The molecule has 1 amide bonds. The number of carbonyl (C=O) groups is 1. The van der Waals surface area contributed by atoms with Crippen LogP contribution < -0.4 is 15.6 Å². The van der Waals surface area contributed by atoms with Crippen molar-refractivity contribution in [3.63, 3.8) is 0 Å². The third-order valence-electron chi connectivity index (χ3n) is 5.45. The quantitative estimate of drug-likeness (QED) is 0.473. The molecule has 4 rings (SSSR count). The number of ether oxygens (including phenoxy) is 1. The Balaban J connectivity index is 1.64. The summed E-state index contributed by atoms with van der Waals surface area (Å²) >= 11 is 0. The maximum Gasteiger partial charge on any atom is 0.258 e. The zero-order valence-electron chi connectivity index (χ0n) is 18.1. The highest BCUT2D eigenvalue weighted by Gasteiger charge is 2.17. The van der Waals surface area contributed by atoms with Crippen LogP contribution in [0.15, 0.2) is 65.6 Å². The lowest BCUT2D eigenvalue weighted by atomic mass is 10.0. The second kappa shape index (κ2) is 9.12. The molecule has 0 aliphatic heterocycles. The average Bonchev–Trinajstić information content (AvgIpc) is 2.83. The fourth-order valence-electron chi connectivity index (χ4n) is 3.67. The number of methoxy groups -OCH3 is 1. The summed E-state index contributed by atoms with van der Waals surface area (Å²) in [6.07, 6.45) is 1.67. The molecule has 0 radical (unpaired) electrons. The van der Waals surface area contributed by atoms with E-state index in [1.165, 1.54) is 23.8 Å². The fraction of sp³-hybridized carbons (Fsp3) is 0.160. The largest absolute Gasteiger partial charge is 0.507 e. The predicted octanol–water partition coefficient (Wildman–Crippen LogP) is 3.31. The summed E-state index contributed by atoms with van der Waals surface area (Å²) < 4.78 is 20.0. The number of hydrogen-bond acceptors (Lipinski definition) is 5. The molecule has 0 aliphatic rings. The normalized spacial score (nSPS) is 10.9. The van der Waals surface area contributed by atoms with E-state index in [1.54, 1.807) is 55.7 Å². The van der Waals surface area contributed by atoms with E-state index in [9.17, 15) is 19.1 Å². The summed E-state index contributed by atoms with van der Waals surface area (Å²) in [6, 6.07) is 14.1. The number of carbonyl (C=O) groups excluding carboxylic acids is 1. The number of aryl methyl sites for hydroxylation is 1. The maximum absolute atomic E-state index is 13.6. The molecule has 0 aliphatic carbocycles. The molecule has 0 saturated carbocycles. The third kappa shape index (κ3) is 4.55. The summed E-state index contributed by atoms with van der Waals surface area (Å²) in [7, 11) is 3.12.